The molecule has 98 valence electrons. The van der Waals surface area contributed by atoms with Crippen LogP contribution in [0.1, 0.15) is 47.5 Å². The molecule has 3 unspecified atom stereocenters. The van der Waals surface area contributed by atoms with E-state index in [0.717, 1.165) is 19.5 Å². The molecular weight excluding hydrogens is 200 g/mol. The van der Waals surface area contributed by atoms with Crippen molar-refractivity contribution in [3.05, 3.63) is 0 Å². The van der Waals surface area contributed by atoms with E-state index in [1.165, 1.54) is 6.42 Å². The van der Waals surface area contributed by atoms with Gasteiger partial charge in [0.15, 0.2) is 0 Å². The summed E-state index contributed by atoms with van der Waals surface area (Å²) < 4.78 is 0. The SMILES string of the molecule is CCC(C)CN(CC)C(C)CC(C)(O)CN. The van der Waals surface area contributed by atoms with Crippen molar-refractivity contribution in [3.63, 3.8) is 0 Å². The smallest absolute Gasteiger partial charge is 0.0756 e. The normalized spacial score (nSPS) is 19.5. The molecule has 0 aliphatic rings. The summed E-state index contributed by atoms with van der Waals surface area (Å²) in [5.74, 6) is 0.713. The van der Waals surface area contributed by atoms with Crippen molar-refractivity contribution in [2.45, 2.75) is 59.1 Å². The molecule has 16 heavy (non-hydrogen) atoms. The third kappa shape index (κ3) is 5.83. The number of nitrogens with two attached hydrogens (primary N) is 1. The van der Waals surface area contributed by atoms with E-state index in [1.54, 1.807) is 0 Å². The summed E-state index contributed by atoms with van der Waals surface area (Å²) in [7, 11) is 0. The highest BCUT2D eigenvalue weighted by atomic mass is 16.3. The van der Waals surface area contributed by atoms with E-state index in [-0.39, 0.29) is 0 Å². The van der Waals surface area contributed by atoms with Gasteiger partial charge >= 0.3 is 0 Å². The Hall–Kier alpha value is -0.120. The molecule has 0 aromatic heterocycles. The van der Waals surface area contributed by atoms with Gasteiger partial charge in [0.2, 0.25) is 0 Å². The molecule has 0 saturated carbocycles. The Bertz CT molecular complexity index is 183. The van der Waals surface area contributed by atoms with E-state index >= 15 is 0 Å². The summed E-state index contributed by atoms with van der Waals surface area (Å²) in [6, 6.07) is 0.387. The van der Waals surface area contributed by atoms with Crippen LogP contribution in [0.2, 0.25) is 0 Å². The van der Waals surface area contributed by atoms with Crippen LogP contribution in [0.15, 0.2) is 0 Å². The van der Waals surface area contributed by atoms with Crippen LogP contribution >= 0.6 is 0 Å². The molecule has 3 heteroatoms. The molecule has 0 rings (SSSR count). The van der Waals surface area contributed by atoms with E-state index in [1.807, 2.05) is 6.92 Å². The van der Waals surface area contributed by atoms with Crippen molar-refractivity contribution in [2.75, 3.05) is 19.6 Å². The first-order valence-electron chi connectivity index (χ1n) is 6.52. The lowest BCUT2D eigenvalue weighted by Crippen LogP contribution is -2.44. The first-order chi connectivity index (χ1) is 7.36. The molecule has 3 N–H and O–H groups in total. The molecule has 3 atom stereocenters. The molecule has 0 heterocycles. The Morgan fingerprint density at radius 2 is 1.88 bits per heavy atom. The maximum atomic E-state index is 9.98. The molecule has 0 spiro atoms. The average molecular weight is 230 g/mol. The predicted octanol–water partition coefficient (Wildman–Crippen LogP) is 1.84. The zero-order valence-electron chi connectivity index (χ0n) is 11.7. The quantitative estimate of drug-likeness (QED) is 0.669. The van der Waals surface area contributed by atoms with Crippen molar-refractivity contribution < 1.29 is 5.11 Å². The van der Waals surface area contributed by atoms with E-state index in [4.69, 9.17) is 5.73 Å². The molecule has 0 saturated heterocycles. The summed E-state index contributed by atoms with van der Waals surface area (Å²) in [5.41, 5.74) is 4.82. The minimum atomic E-state index is -0.734. The number of nitrogens with zero attached hydrogens (tertiary/aromatic N) is 1. The van der Waals surface area contributed by atoms with Gasteiger partial charge in [-0.05, 0) is 32.7 Å². The predicted molar refractivity (Wildman–Crippen MR) is 70.5 cm³/mol. The highest BCUT2D eigenvalue weighted by Crippen LogP contribution is 2.16. The molecule has 0 aliphatic carbocycles. The Kier molecular flexibility index (Phi) is 7.20. The van der Waals surface area contributed by atoms with E-state index < -0.39 is 5.60 Å². The van der Waals surface area contributed by atoms with Crippen molar-refractivity contribution in [1.29, 1.82) is 0 Å². The highest BCUT2D eigenvalue weighted by molar-refractivity contribution is 4.81. The van der Waals surface area contributed by atoms with Gasteiger partial charge in [0, 0.05) is 19.1 Å². The van der Waals surface area contributed by atoms with Crippen LogP contribution in [0.4, 0.5) is 0 Å². The van der Waals surface area contributed by atoms with Gasteiger partial charge in [-0.1, -0.05) is 27.2 Å². The summed E-state index contributed by atoms with van der Waals surface area (Å²) in [6.07, 6.45) is 1.95. The first kappa shape index (κ1) is 15.9. The van der Waals surface area contributed by atoms with E-state index in [2.05, 4.69) is 32.6 Å². The van der Waals surface area contributed by atoms with Gasteiger partial charge in [0.05, 0.1) is 5.60 Å². The summed E-state index contributed by atoms with van der Waals surface area (Å²) in [5, 5.41) is 9.98. The van der Waals surface area contributed by atoms with Crippen molar-refractivity contribution in [2.24, 2.45) is 11.7 Å². The second-order valence-corrected chi connectivity index (χ2v) is 5.36. The van der Waals surface area contributed by atoms with Crippen LogP contribution < -0.4 is 5.73 Å². The molecule has 0 fully saturated rings. The number of rotatable bonds is 8. The van der Waals surface area contributed by atoms with Crippen LogP contribution in [-0.4, -0.2) is 41.3 Å². The molecule has 0 bridgehead atoms. The Morgan fingerprint density at radius 3 is 2.25 bits per heavy atom. The fraction of sp³-hybridized carbons (Fsp3) is 1.00. The molecular formula is C13H30N2O. The topological polar surface area (TPSA) is 49.5 Å². The minimum absolute atomic E-state index is 0.332. The summed E-state index contributed by atoms with van der Waals surface area (Å²) in [4.78, 5) is 2.43. The Labute approximate surface area is 101 Å². The van der Waals surface area contributed by atoms with Gasteiger partial charge in [0.1, 0.15) is 0 Å². The fourth-order valence-electron chi connectivity index (χ4n) is 2.00. The Balaban J connectivity index is 4.25. The molecule has 0 amide bonds. The summed E-state index contributed by atoms with van der Waals surface area (Å²) in [6.45, 7) is 13.1. The second kappa shape index (κ2) is 7.25. The van der Waals surface area contributed by atoms with Crippen LogP contribution in [0, 0.1) is 5.92 Å². The van der Waals surface area contributed by atoms with Crippen molar-refractivity contribution in [1.82, 2.24) is 4.90 Å². The maximum absolute atomic E-state index is 9.98. The zero-order valence-corrected chi connectivity index (χ0v) is 11.7. The van der Waals surface area contributed by atoms with Gasteiger partial charge < -0.3 is 15.7 Å². The van der Waals surface area contributed by atoms with Crippen LogP contribution in [0.5, 0.6) is 0 Å². The number of aliphatic hydroxyl groups is 1. The Morgan fingerprint density at radius 1 is 1.31 bits per heavy atom. The second-order valence-electron chi connectivity index (χ2n) is 5.36. The number of hydrogen-bond donors (Lipinski definition) is 2. The van der Waals surface area contributed by atoms with E-state index in [9.17, 15) is 5.11 Å². The van der Waals surface area contributed by atoms with Gasteiger partial charge in [0.25, 0.3) is 0 Å². The van der Waals surface area contributed by atoms with Gasteiger partial charge in [-0.15, -0.1) is 0 Å². The lowest BCUT2D eigenvalue weighted by molar-refractivity contribution is 0.0269. The maximum Gasteiger partial charge on any atom is 0.0756 e. The lowest BCUT2D eigenvalue weighted by Gasteiger charge is -2.34. The average Bonchev–Trinajstić information content (AvgIpc) is 2.24. The molecule has 0 aromatic rings. The lowest BCUT2D eigenvalue weighted by atomic mass is 9.96. The van der Waals surface area contributed by atoms with Crippen molar-refractivity contribution in [3.8, 4) is 0 Å². The standard InChI is InChI=1S/C13H30N2O/c1-6-11(3)9-15(7-2)12(4)8-13(5,16)10-14/h11-12,16H,6-10,14H2,1-5H3. The molecule has 3 nitrogen and oxygen atoms in total. The largest absolute Gasteiger partial charge is 0.389 e. The fourth-order valence-corrected chi connectivity index (χ4v) is 2.00. The minimum Gasteiger partial charge on any atom is -0.389 e. The monoisotopic (exact) mass is 230 g/mol. The van der Waals surface area contributed by atoms with Gasteiger partial charge in [-0.2, -0.15) is 0 Å². The number of hydrogen-bond acceptors (Lipinski definition) is 3. The van der Waals surface area contributed by atoms with Crippen molar-refractivity contribution >= 4 is 0 Å². The molecule has 0 aliphatic heterocycles. The van der Waals surface area contributed by atoms with Crippen LogP contribution in [0.25, 0.3) is 0 Å². The molecule has 0 aromatic carbocycles. The summed E-state index contributed by atoms with van der Waals surface area (Å²) >= 11 is 0. The van der Waals surface area contributed by atoms with Crippen LogP contribution in [0.3, 0.4) is 0 Å². The van der Waals surface area contributed by atoms with E-state index in [0.29, 0.717) is 18.5 Å². The van der Waals surface area contributed by atoms with Gasteiger partial charge in [-0.25, -0.2) is 0 Å². The third-order valence-electron chi connectivity index (χ3n) is 3.45. The zero-order chi connectivity index (χ0) is 12.8. The third-order valence-corrected chi connectivity index (χ3v) is 3.45. The highest BCUT2D eigenvalue weighted by Gasteiger charge is 2.24. The molecule has 0 radical (unpaired) electrons. The first-order valence-corrected chi connectivity index (χ1v) is 6.52. The van der Waals surface area contributed by atoms with Crippen LogP contribution in [-0.2, 0) is 0 Å². The van der Waals surface area contributed by atoms with Gasteiger partial charge in [-0.3, -0.25) is 0 Å².